The Balaban J connectivity index is 0.00000240. The van der Waals surface area contributed by atoms with Crippen molar-refractivity contribution >= 4 is 24.8 Å². The zero-order valence-electron chi connectivity index (χ0n) is 16.8. The summed E-state index contributed by atoms with van der Waals surface area (Å²) >= 11 is 0. The fraction of sp³-hybridized carbons (Fsp3) is 0.273. The van der Waals surface area contributed by atoms with E-state index in [0.29, 0.717) is 30.3 Å². The van der Waals surface area contributed by atoms with Crippen molar-refractivity contribution < 1.29 is 19.7 Å². The molecular weight excluding hydrogens is 441 g/mol. The molecule has 0 saturated heterocycles. The summed E-state index contributed by atoms with van der Waals surface area (Å²) in [6.45, 7) is 0.472. The minimum Gasteiger partial charge on any atom is -0.491 e. The molecule has 9 heteroatoms. The monoisotopic (exact) mass is 467 g/mol. The van der Waals surface area contributed by atoms with Crippen LogP contribution in [0, 0.1) is 0 Å². The second-order valence-electron chi connectivity index (χ2n) is 6.56. The summed E-state index contributed by atoms with van der Waals surface area (Å²) in [5, 5.41) is 22.9. The lowest BCUT2D eigenvalue weighted by Gasteiger charge is -2.19. The van der Waals surface area contributed by atoms with Crippen LogP contribution in [0.5, 0.6) is 17.4 Å². The molecule has 1 heterocycles. The average Bonchev–Trinajstić information content (AvgIpc) is 2.78. The fourth-order valence-electron chi connectivity index (χ4n) is 2.71. The fourth-order valence-corrected chi connectivity index (χ4v) is 2.71. The number of nitrogens with one attached hydrogen (secondary N) is 1. The van der Waals surface area contributed by atoms with Gasteiger partial charge in [-0.25, -0.2) is 4.98 Å². The first-order valence-electron chi connectivity index (χ1n) is 9.46. The summed E-state index contributed by atoms with van der Waals surface area (Å²) in [6.07, 6.45) is 4.65. The van der Waals surface area contributed by atoms with E-state index in [-0.39, 0.29) is 44.1 Å². The zero-order chi connectivity index (χ0) is 20.3. The van der Waals surface area contributed by atoms with Gasteiger partial charge in [-0.15, -0.1) is 24.8 Å². The van der Waals surface area contributed by atoms with Gasteiger partial charge in [0.1, 0.15) is 24.2 Å². The van der Waals surface area contributed by atoms with Crippen LogP contribution >= 0.6 is 24.8 Å². The number of benzene rings is 2. The summed E-state index contributed by atoms with van der Waals surface area (Å²) in [5.74, 6) is 1.81. The lowest BCUT2D eigenvalue weighted by atomic mass is 10.1. The van der Waals surface area contributed by atoms with E-state index >= 15 is 0 Å². The number of nitrogens with zero attached hydrogens (tertiary/aromatic N) is 2. The summed E-state index contributed by atoms with van der Waals surface area (Å²) in [4.78, 5) is 8.03. The molecule has 168 valence electrons. The van der Waals surface area contributed by atoms with E-state index in [4.69, 9.17) is 9.47 Å². The molecule has 3 aromatic rings. The SMILES string of the molecule is Cl.Cl.OC[C@H](Cc1ccc(Oc2cnccn2)cc1)NCC(O)COc1ccccc1. The molecule has 1 unspecified atom stereocenters. The van der Waals surface area contributed by atoms with Crippen molar-refractivity contribution in [3.63, 3.8) is 0 Å². The van der Waals surface area contributed by atoms with Crippen LogP contribution < -0.4 is 14.8 Å². The third-order valence-corrected chi connectivity index (χ3v) is 4.22. The molecule has 0 fully saturated rings. The van der Waals surface area contributed by atoms with Gasteiger partial charge >= 0.3 is 0 Å². The first kappa shape index (κ1) is 26.6. The van der Waals surface area contributed by atoms with Gasteiger partial charge in [-0.1, -0.05) is 30.3 Å². The molecule has 0 aliphatic rings. The number of hydrogen-bond donors (Lipinski definition) is 3. The normalized spacial score (nSPS) is 12.1. The zero-order valence-corrected chi connectivity index (χ0v) is 18.5. The third-order valence-electron chi connectivity index (χ3n) is 4.22. The Morgan fingerprint density at radius 3 is 2.32 bits per heavy atom. The molecule has 1 aromatic heterocycles. The van der Waals surface area contributed by atoms with E-state index < -0.39 is 6.10 Å². The second-order valence-corrected chi connectivity index (χ2v) is 6.56. The molecule has 0 aliphatic heterocycles. The standard InChI is InChI=1S/C22H25N3O4.2ClH/c26-15-18(25-13-19(27)16-28-20-4-2-1-3-5-20)12-17-6-8-21(9-7-17)29-22-14-23-10-11-24-22;;/h1-11,14,18-19,25-27H,12-13,15-16H2;2*1H/t18-,19?;;/m0../s1. The summed E-state index contributed by atoms with van der Waals surface area (Å²) < 4.78 is 11.2. The lowest BCUT2D eigenvalue weighted by Crippen LogP contribution is -2.41. The molecule has 3 N–H and O–H groups in total. The molecule has 0 radical (unpaired) electrons. The Morgan fingerprint density at radius 2 is 1.68 bits per heavy atom. The van der Waals surface area contributed by atoms with Crippen molar-refractivity contribution in [1.29, 1.82) is 0 Å². The maximum atomic E-state index is 10.1. The maximum Gasteiger partial charge on any atom is 0.237 e. The van der Waals surface area contributed by atoms with E-state index in [1.54, 1.807) is 18.6 Å². The van der Waals surface area contributed by atoms with Crippen LogP contribution in [0.4, 0.5) is 0 Å². The number of halogens is 2. The second kappa shape index (κ2) is 14.6. The largest absolute Gasteiger partial charge is 0.491 e. The summed E-state index contributed by atoms with van der Waals surface area (Å²) in [7, 11) is 0. The van der Waals surface area contributed by atoms with Crippen LogP contribution in [-0.4, -0.2) is 52.1 Å². The predicted molar refractivity (Wildman–Crippen MR) is 124 cm³/mol. The summed E-state index contributed by atoms with van der Waals surface area (Å²) in [5.41, 5.74) is 1.04. The maximum absolute atomic E-state index is 10.1. The number of aliphatic hydroxyl groups is 2. The quantitative estimate of drug-likeness (QED) is 0.398. The van der Waals surface area contributed by atoms with Crippen molar-refractivity contribution in [3.8, 4) is 17.4 Å². The first-order valence-corrected chi connectivity index (χ1v) is 9.46. The van der Waals surface area contributed by atoms with Gasteiger partial charge < -0.3 is 25.0 Å². The highest BCUT2D eigenvalue weighted by molar-refractivity contribution is 5.85. The van der Waals surface area contributed by atoms with Crippen LogP contribution in [0.1, 0.15) is 5.56 Å². The number of aliphatic hydroxyl groups excluding tert-OH is 2. The minimum absolute atomic E-state index is 0. The molecule has 3 rings (SSSR count). The van der Waals surface area contributed by atoms with Crippen LogP contribution in [0.25, 0.3) is 0 Å². The van der Waals surface area contributed by atoms with Crippen molar-refractivity contribution in [2.45, 2.75) is 18.6 Å². The Labute approximate surface area is 194 Å². The van der Waals surface area contributed by atoms with Gasteiger partial charge in [0.15, 0.2) is 0 Å². The first-order chi connectivity index (χ1) is 14.2. The molecular formula is C22H27Cl2N3O4. The van der Waals surface area contributed by atoms with E-state index in [2.05, 4.69) is 15.3 Å². The Bertz CT molecular complexity index is 842. The van der Waals surface area contributed by atoms with Crippen molar-refractivity contribution in [2.24, 2.45) is 0 Å². The molecule has 2 aromatic carbocycles. The van der Waals surface area contributed by atoms with E-state index in [1.165, 1.54) is 0 Å². The highest BCUT2D eigenvalue weighted by Crippen LogP contribution is 2.19. The van der Waals surface area contributed by atoms with Gasteiger partial charge in [0.2, 0.25) is 5.88 Å². The van der Waals surface area contributed by atoms with Crippen LogP contribution in [0.2, 0.25) is 0 Å². The van der Waals surface area contributed by atoms with Gasteiger partial charge in [0, 0.05) is 25.0 Å². The van der Waals surface area contributed by atoms with Crippen molar-refractivity contribution in [3.05, 3.63) is 78.8 Å². The van der Waals surface area contributed by atoms with E-state index in [0.717, 1.165) is 5.56 Å². The molecule has 2 atom stereocenters. The van der Waals surface area contributed by atoms with Gasteiger partial charge in [-0.05, 0) is 36.2 Å². The van der Waals surface area contributed by atoms with Crippen LogP contribution in [-0.2, 0) is 6.42 Å². The van der Waals surface area contributed by atoms with Gasteiger partial charge in [-0.3, -0.25) is 4.98 Å². The van der Waals surface area contributed by atoms with Gasteiger partial charge in [-0.2, -0.15) is 0 Å². The topological polar surface area (TPSA) is 96.7 Å². The Kier molecular flexibility index (Phi) is 12.5. The highest BCUT2D eigenvalue weighted by Gasteiger charge is 2.12. The number of ether oxygens (including phenoxy) is 2. The molecule has 31 heavy (non-hydrogen) atoms. The minimum atomic E-state index is -0.674. The van der Waals surface area contributed by atoms with Crippen molar-refractivity contribution in [2.75, 3.05) is 19.8 Å². The molecule has 0 bridgehead atoms. The van der Waals surface area contributed by atoms with Crippen LogP contribution in [0.15, 0.2) is 73.2 Å². The van der Waals surface area contributed by atoms with Gasteiger partial charge in [0.25, 0.3) is 0 Å². The predicted octanol–water partition coefficient (Wildman–Crippen LogP) is 3.05. The molecule has 7 nitrogen and oxygen atoms in total. The van der Waals surface area contributed by atoms with E-state index in [9.17, 15) is 10.2 Å². The number of para-hydroxylation sites is 1. The summed E-state index contributed by atoms with van der Waals surface area (Å²) in [6, 6.07) is 16.7. The highest BCUT2D eigenvalue weighted by atomic mass is 35.5. The van der Waals surface area contributed by atoms with Crippen LogP contribution in [0.3, 0.4) is 0 Å². The number of aromatic nitrogens is 2. The van der Waals surface area contributed by atoms with E-state index in [1.807, 2.05) is 54.6 Å². The number of hydrogen-bond acceptors (Lipinski definition) is 7. The molecule has 0 amide bonds. The molecule has 0 saturated carbocycles. The Hall–Kier alpha value is -2.42. The van der Waals surface area contributed by atoms with Crippen molar-refractivity contribution in [1.82, 2.24) is 15.3 Å². The molecule has 0 aliphatic carbocycles. The average molecular weight is 468 g/mol. The smallest absolute Gasteiger partial charge is 0.237 e. The number of rotatable bonds is 11. The third kappa shape index (κ3) is 9.50. The molecule has 0 spiro atoms. The Morgan fingerprint density at radius 1 is 0.935 bits per heavy atom. The lowest BCUT2D eigenvalue weighted by molar-refractivity contribution is 0.0997. The van der Waals surface area contributed by atoms with Gasteiger partial charge in [0.05, 0.1) is 12.8 Å².